The zero-order valence-electron chi connectivity index (χ0n) is 36.2. The van der Waals surface area contributed by atoms with Crippen molar-refractivity contribution >= 4 is 0 Å². The summed E-state index contributed by atoms with van der Waals surface area (Å²) in [6.45, 7) is 3.73. The van der Waals surface area contributed by atoms with E-state index in [4.69, 9.17) is 0 Å². The first-order valence-electron chi connectivity index (χ1n) is 23.8. The van der Waals surface area contributed by atoms with E-state index in [1.165, 1.54) is 0 Å². The van der Waals surface area contributed by atoms with Crippen LogP contribution >= 0.6 is 0 Å². The Balaban J connectivity index is 1.24. The molecule has 344 valence electrons. The number of hydrogen-bond acceptors (Lipinski definition) is 12. The lowest BCUT2D eigenvalue weighted by Crippen LogP contribution is -2.54. The summed E-state index contributed by atoms with van der Waals surface area (Å²) in [5.41, 5.74) is -0.348. The van der Waals surface area contributed by atoms with Crippen molar-refractivity contribution < 1.29 is 61.3 Å². The van der Waals surface area contributed by atoms with Gasteiger partial charge < -0.3 is 61.3 Å². The van der Waals surface area contributed by atoms with Crippen molar-refractivity contribution in [3.63, 3.8) is 0 Å². The molecule has 0 radical (unpaired) electrons. The highest BCUT2D eigenvalue weighted by Crippen LogP contribution is 2.65. The molecule has 6 aliphatic carbocycles. The van der Waals surface area contributed by atoms with Gasteiger partial charge in [0.1, 0.15) is 0 Å². The van der Waals surface area contributed by atoms with Crippen LogP contribution in [0.1, 0.15) is 117 Å². The second-order valence-corrected chi connectivity index (χ2v) is 22.0. The van der Waals surface area contributed by atoms with Gasteiger partial charge in [-0.1, -0.05) is 13.8 Å². The lowest BCUT2D eigenvalue weighted by atomic mass is 9.45. The summed E-state index contributed by atoms with van der Waals surface area (Å²) in [7, 11) is 0. The largest absolute Gasteiger partial charge is 0.396 e. The van der Waals surface area contributed by atoms with Gasteiger partial charge in [-0.2, -0.15) is 0 Å². The van der Waals surface area contributed by atoms with Crippen molar-refractivity contribution in [2.75, 3.05) is 52.9 Å². The fourth-order valence-corrected chi connectivity index (χ4v) is 15.7. The van der Waals surface area contributed by atoms with Crippen LogP contribution < -0.4 is 0 Å². The highest BCUT2D eigenvalue weighted by Gasteiger charge is 2.58. The Bertz CT molecular complexity index is 1060. The molecule has 0 aromatic carbocycles. The molecule has 0 amide bonds. The van der Waals surface area contributed by atoms with Gasteiger partial charge in [0.15, 0.2) is 0 Å². The fraction of sp³-hybridized carbons (Fsp3) is 1.00. The summed E-state index contributed by atoms with van der Waals surface area (Å²) in [5, 5.41) is 127. The second kappa shape index (κ2) is 20.1. The Morgan fingerprint density at radius 1 is 0.339 bits per heavy atom. The maximum absolute atomic E-state index is 11.1. The number of aliphatic hydroxyl groups is 12. The fourth-order valence-electron chi connectivity index (χ4n) is 15.7. The van der Waals surface area contributed by atoms with Crippen LogP contribution in [-0.2, 0) is 0 Å². The van der Waals surface area contributed by atoms with Crippen molar-refractivity contribution in [1.29, 1.82) is 0 Å². The lowest BCUT2D eigenvalue weighted by molar-refractivity contribution is -0.142. The van der Waals surface area contributed by atoms with Crippen LogP contribution in [0.2, 0.25) is 0 Å². The van der Waals surface area contributed by atoms with E-state index in [1.54, 1.807) is 0 Å². The molecule has 6 aliphatic rings. The molecule has 8 atom stereocenters. The summed E-state index contributed by atoms with van der Waals surface area (Å²) >= 11 is 0. The Morgan fingerprint density at radius 2 is 0.508 bits per heavy atom. The molecule has 12 nitrogen and oxygen atoms in total. The molecule has 0 saturated heterocycles. The smallest absolute Gasteiger partial charge is 0.0640 e. The van der Waals surface area contributed by atoms with Crippen molar-refractivity contribution in [3.05, 3.63) is 0 Å². The molecule has 0 bridgehead atoms. The van der Waals surface area contributed by atoms with Crippen molar-refractivity contribution in [3.8, 4) is 0 Å². The van der Waals surface area contributed by atoms with Crippen molar-refractivity contribution in [1.82, 2.24) is 0 Å². The van der Waals surface area contributed by atoms with E-state index in [0.717, 1.165) is 51.4 Å². The van der Waals surface area contributed by atoms with Crippen LogP contribution in [0.25, 0.3) is 0 Å². The first-order chi connectivity index (χ1) is 28.2. The topological polar surface area (TPSA) is 243 Å². The summed E-state index contributed by atoms with van der Waals surface area (Å²) in [6.07, 6.45) is 10.0. The third-order valence-corrected chi connectivity index (χ3v) is 19.6. The van der Waals surface area contributed by atoms with Gasteiger partial charge >= 0.3 is 0 Å². The predicted octanol–water partition coefficient (Wildman–Crippen LogP) is 2.32. The average Bonchev–Trinajstić information content (AvgIpc) is 3.26. The molecule has 8 unspecified atom stereocenters. The van der Waals surface area contributed by atoms with Crippen LogP contribution in [-0.4, -0.2) is 139 Å². The van der Waals surface area contributed by atoms with E-state index in [0.29, 0.717) is 63.2 Å². The molecule has 6 rings (SSSR count). The normalized spacial score (nSPS) is 49.1. The van der Waals surface area contributed by atoms with Crippen LogP contribution in [0.5, 0.6) is 0 Å². The Labute approximate surface area is 353 Å². The van der Waals surface area contributed by atoms with Gasteiger partial charge in [0, 0.05) is 100 Å². The summed E-state index contributed by atoms with van der Waals surface area (Å²) < 4.78 is 0. The lowest BCUT2D eigenvalue weighted by Gasteiger charge is -2.60. The molecule has 12 N–H and O–H groups in total. The third kappa shape index (κ3) is 9.11. The molecule has 0 aromatic heterocycles. The zero-order valence-corrected chi connectivity index (χ0v) is 36.2. The van der Waals surface area contributed by atoms with Crippen molar-refractivity contribution in [2.24, 2.45) is 99.1 Å². The average molecular weight is 841 g/mol. The van der Waals surface area contributed by atoms with E-state index < -0.39 is 24.4 Å². The van der Waals surface area contributed by atoms with Gasteiger partial charge in [-0.3, -0.25) is 0 Å². The molecule has 12 heteroatoms. The predicted molar refractivity (Wildman–Crippen MR) is 222 cm³/mol. The SMILES string of the molecule is CC(C)(C1CCC(C2CC(CO)C(O)C(CO)C2)(C2CC(CO)C(O)C(CO)C2)CC1)C1CCC(C2CC(CO)C(O)C(CO)C2)(C2CC(CO)C(O)C(CO)C2)CC1. The van der Waals surface area contributed by atoms with E-state index in [1.807, 2.05) is 0 Å². The summed E-state index contributed by atoms with van der Waals surface area (Å²) in [5.74, 6) is -1.11. The Kier molecular flexibility index (Phi) is 16.4. The van der Waals surface area contributed by atoms with Gasteiger partial charge in [0.05, 0.1) is 24.4 Å². The minimum absolute atomic E-state index is 0.000423. The zero-order chi connectivity index (χ0) is 42.9. The van der Waals surface area contributed by atoms with E-state index in [2.05, 4.69) is 13.8 Å². The quantitative estimate of drug-likeness (QED) is 0.121. The maximum Gasteiger partial charge on any atom is 0.0640 e. The highest BCUT2D eigenvalue weighted by molar-refractivity contribution is 5.08. The molecule has 59 heavy (non-hydrogen) atoms. The van der Waals surface area contributed by atoms with Crippen LogP contribution in [0.3, 0.4) is 0 Å². The van der Waals surface area contributed by atoms with Gasteiger partial charge in [-0.05, 0) is 154 Å². The van der Waals surface area contributed by atoms with Crippen LogP contribution in [0.15, 0.2) is 0 Å². The van der Waals surface area contributed by atoms with E-state index >= 15 is 0 Å². The molecule has 6 fully saturated rings. The number of aliphatic hydroxyl groups excluding tert-OH is 12. The standard InChI is InChI=1S/C47H84O12/c1-45(2,35-3-7-46(8-4-35,37-11-27(19-48)41(56)28(12-37)20-49)38-13-29(21-50)42(57)30(14-38)22-51)36-5-9-47(10-6-36,39-15-31(23-52)43(58)32(16-39)24-53)40-17-33(25-54)44(59)34(18-40)26-55/h27-44,48-59H,3-26H2,1-2H3. The number of rotatable bonds is 14. The molecular weight excluding hydrogens is 757 g/mol. The van der Waals surface area contributed by atoms with Gasteiger partial charge in [0.25, 0.3) is 0 Å². The minimum Gasteiger partial charge on any atom is -0.396 e. The maximum atomic E-state index is 11.1. The summed E-state index contributed by atoms with van der Waals surface area (Å²) in [6, 6.07) is 0. The molecular formula is C47H84O12. The van der Waals surface area contributed by atoms with Crippen molar-refractivity contribution in [2.45, 2.75) is 141 Å². The molecule has 6 saturated carbocycles. The molecule has 0 aromatic rings. The molecule has 0 aliphatic heterocycles. The van der Waals surface area contributed by atoms with E-state index in [-0.39, 0.29) is 140 Å². The minimum atomic E-state index is -0.763. The third-order valence-electron chi connectivity index (χ3n) is 19.6. The van der Waals surface area contributed by atoms with E-state index in [9.17, 15) is 61.3 Å². The summed E-state index contributed by atoms with van der Waals surface area (Å²) in [4.78, 5) is 0. The molecule has 0 spiro atoms. The van der Waals surface area contributed by atoms with Crippen LogP contribution in [0, 0.1) is 99.1 Å². The Hall–Kier alpha value is -0.480. The first-order valence-corrected chi connectivity index (χ1v) is 23.8. The van der Waals surface area contributed by atoms with Gasteiger partial charge in [-0.25, -0.2) is 0 Å². The molecule has 0 heterocycles. The van der Waals surface area contributed by atoms with Gasteiger partial charge in [0.2, 0.25) is 0 Å². The first kappa shape index (κ1) is 48.0. The van der Waals surface area contributed by atoms with Gasteiger partial charge in [-0.15, -0.1) is 0 Å². The Morgan fingerprint density at radius 3 is 0.661 bits per heavy atom. The number of hydrogen-bond donors (Lipinski definition) is 12. The monoisotopic (exact) mass is 841 g/mol. The second-order valence-electron chi connectivity index (χ2n) is 22.0. The highest BCUT2D eigenvalue weighted by atomic mass is 16.3. The van der Waals surface area contributed by atoms with Crippen LogP contribution in [0.4, 0.5) is 0 Å².